The van der Waals surface area contributed by atoms with Gasteiger partial charge in [-0.25, -0.2) is 0 Å². The molecule has 2 aromatic rings. The zero-order chi connectivity index (χ0) is 15.4. The Hall–Kier alpha value is -2.69. The highest BCUT2D eigenvalue weighted by atomic mass is 16.5. The molecule has 0 fully saturated rings. The van der Waals surface area contributed by atoms with Crippen LogP contribution in [0.5, 0.6) is 17.2 Å². The minimum atomic E-state index is -0.340. The van der Waals surface area contributed by atoms with Crippen LogP contribution in [0.25, 0.3) is 6.08 Å². The van der Waals surface area contributed by atoms with Gasteiger partial charge in [-0.05, 0) is 24.3 Å². The fraction of sp³-hybridized carbons (Fsp3) is 0.188. The van der Waals surface area contributed by atoms with Crippen LogP contribution >= 0.6 is 0 Å². The molecule has 1 heterocycles. The second-order valence-corrected chi connectivity index (χ2v) is 4.47. The van der Waals surface area contributed by atoms with E-state index in [1.54, 1.807) is 12.1 Å². The predicted molar refractivity (Wildman–Crippen MR) is 80.0 cm³/mol. The molecule has 110 valence electrons. The van der Waals surface area contributed by atoms with Crippen LogP contribution in [0.4, 0.5) is 0 Å². The first-order valence-electron chi connectivity index (χ1n) is 6.35. The zero-order valence-corrected chi connectivity index (χ0v) is 12.2. The van der Waals surface area contributed by atoms with Crippen molar-refractivity contribution in [2.75, 3.05) is 14.2 Å². The Balaban J connectivity index is 2.35. The first-order valence-corrected chi connectivity index (χ1v) is 6.35. The summed E-state index contributed by atoms with van der Waals surface area (Å²) < 4.78 is 12.1. The van der Waals surface area contributed by atoms with Crippen LogP contribution in [0.3, 0.4) is 0 Å². The van der Waals surface area contributed by atoms with E-state index in [1.165, 1.54) is 26.4 Å². The lowest BCUT2D eigenvalue weighted by Crippen LogP contribution is -2.01. The van der Waals surface area contributed by atoms with E-state index in [0.717, 1.165) is 5.69 Å². The Kier molecular flexibility index (Phi) is 4.33. The smallest absolute Gasteiger partial charge is 0.193 e. The van der Waals surface area contributed by atoms with E-state index in [2.05, 4.69) is 0 Å². The summed E-state index contributed by atoms with van der Waals surface area (Å²) in [6.07, 6.45) is 4.97. The lowest BCUT2D eigenvalue weighted by Gasteiger charge is -2.10. The summed E-state index contributed by atoms with van der Waals surface area (Å²) >= 11 is 0. The van der Waals surface area contributed by atoms with Gasteiger partial charge in [0, 0.05) is 31.1 Å². The van der Waals surface area contributed by atoms with Gasteiger partial charge in [0.15, 0.2) is 5.78 Å². The van der Waals surface area contributed by atoms with E-state index in [1.807, 2.05) is 29.9 Å². The van der Waals surface area contributed by atoms with E-state index in [0.29, 0.717) is 5.75 Å². The third-order valence-electron chi connectivity index (χ3n) is 3.15. The van der Waals surface area contributed by atoms with Gasteiger partial charge in [-0.2, -0.15) is 0 Å². The number of phenols is 1. The molecule has 0 radical (unpaired) electrons. The number of carbonyl (C=O) groups excluding carboxylic acids is 1. The van der Waals surface area contributed by atoms with Crippen molar-refractivity contribution in [3.05, 3.63) is 47.8 Å². The van der Waals surface area contributed by atoms with Gasteiger partial charge in [0.1, 0.15) is 22.8 Å². The van der Waals surface area contributed by atoms with Crippen molar-refractivity contribution in [1.82, 2.24) is 4.57 Å². The predicted octanol–water partition coefficient (Wildman–Crippen LogP) is 2.64. The number of phenolic OH excluding ortho intramolecular Hbond substituents is 1. The van der Waals surface area contributed by atoms with Crippen molar-refractivity contribution < 1.29 is 19.4 Å². The van der Waals surface area contributed by atoms with E-state index in [-0.39, 0.29) is 22.8 Å². The number of rotatable bonds is 5. The summed E-state index contributed by atoms with van der Waals surface area (Å²) in [5.41, 5.74) is 0.999. The molecule has 5 nitrogen and oxygen atoms in total. The van der Waals surface area contributed by atoms with Gasteiger partial charge in [0.25, 0.3) is 0 Å². The van der Waals surface area contributed by atoms with Gasteiger partial charge in [-0.1, -0.05) is 0 Å². The lowest BCUT2D eigenvalue weighted by atomic mass is 10.1. The van der Waals surface area contributed by atoms with Crippen molar-refractivity contribution in [2.45, 2.75) is 0 Å². The van der Waals surface area contributed by atoms with Crippen molar-refractivity contribution >= 4 is 11.9 Å². The van der Waals surface area contributed by atoms with Crippen molar-refractivity contribution in [3.8, 4) is 17.2 Å². The highest BCUT2D eigenvalue weighted by Gasteiger charge is 2.17. The summed E-state index contributed by atoms with van der Waals surface area (Å²) in [7, 11) is 4.80. The molecular formula is C16H17NO4. The molecule has 0 saturated heterocycles. The number of carbonyl (C=O) groups is 1. The van der Waals surface area contributed by atoms with Crippen molar-refractivity contribution in [2.24, 2.45) is 7.05 Å². The van der Waals surface area contributed by atoms with Crippen LogP contribution in [0.2, 0.25) is 0 Å². The van der Waals surface area contributed by atoms with Crippen LogP contribution in [0.1, 0.15) is 16.1 Å². The fourth-order valence-electron chi connectivity index (χ4n) is 1.99. The molecule has 0 aliphatic carbocycles. The topological polar surface area (TPSA) is 60.7 Å². The van der Waals surface area contributed by atoms with E-state index < -0.39 is 0 Å². The van der Waals surface area contributed by atoms with Crippen LogP contribution in [-0.4, -0.2) is 29.7 Å². The number of aryl methyl sites for hydroxylation is 1. The quantitative estimate of drug-likeness (QED) is 0.678. The Bertz CT molecular complexity index is 686. The molecule has 0 saturated carbocycles. The number of allylic oxidation sites excluding steroid dienone is 1. The Morgan fingerprint density at radius 2 is 2.05 bits per heavy atom. The highest BCUT2D eigenvalue weighted by Crippen LogP contribution is 2.33. The Morgan fingerprint density at radius 3 is 2.62 bits per heavy atom. The van der Waals surface area contributed by atoms with Crippen molar-refractivity contribution in [3.63, 3.8) is 0 Å². The summed E-state index contributed by atoms with van der Waals surface area (Å²) in [5, 5.41) is 10.00. The minimum absolute atomic E-state index is 0.115. The second kappa shape index (κ2) is 6.17. The van der Waals surface area contributed by atoms with Crippen molar-refractivity contribution in [1.29, 1.82) is 0 Å². The largest absolute Gasteiger partial charge is 0.507 e. The third-order valence-corrected chi connectivity index (χ3v) is 3.15. The number of aromatic nitrogens is 1. The average molecular weight is 287 g/mol. The Labute approximate surface area is 123 Å². The number of ether oxygens (including phenoxy) is 2. The highest BCUT2D eigenvalue weighted by molar-refractivity contribution is 6.10. The Morgan fingerprint density at radius 1 is 1.29 bits per heavy atom. The third kappa shape index (κ3) is 3.08. The molecular weight excluding hydrogens is 270 g/mol. The molecule has 0 aliphatic rings. The standard InChI is InChI=1S/C16H17NO4/c1-17-8-4-5-11(17)6-7-13(18)16-14(19)9-12(20-2)10-15(16)21-3/h4-10,19H,1-3H3/b7-6+. The van der Waals surface area contributed by atoms with E-state index >= 15 is 0 Å². The maximum Gasteiger partial charge on any atom is 0.193 e. The number of ketones is 1. The number of hydrogen-bond donors (Lipinski definition) is 1. The van der Waals surface area contributed by atoms with Crippen LogP contribution in [-0.2, 0) is 7.05 Å². The SMILES string of the molecule is COc1cc(O)c(C(=O)/C=C/c2cccn2C)c(OC)c1. The molecule has 0 atom stereocenters. The van der Waals surface area contributed by atoms with E-state index in [9.17, 15) is 9.90 Å². The molecule has 0 amide bonds. The summed E-state index contributed by atoms with van der Waals surface area (Å²) in [4.78, 5) is 12.3. The molecule has 5 heteroatoms. The van der Waals surface area contributed by atoms with Gasteiger partial charge in [0.2, 0.25) is 0 Å². The van der Waals surface area contributed by atoms with Crippen LogP contribution in [0, 0.1) is 0 Å². The van der Waals surface area contributed by atoms with Crippen LogP contribution in [0.15, 0.2) is 36.5 Å². The van der Waals surface area contributed by atoms with Gasteiger partial charge in [0.05, 0.1) is 14.2 Å². The molecule has 1 aromatic carbocycles. The van der Waals surface area contributed by atoms with Gasteiger partial charge in [-0.15, -0.1) is 0 Å². The van der Waals surface area contributed by atoms with Crippen LogP contribution < -0.4 is 9.47 Å². The molecule has 21 heavy (non-hydrogen) atoms. The number of aromatic hydroxyl groups is 1. The molecule has 0 unspecified atom stereocenters. The summed E-state index contributed by atoms with van der Waals surface area (Å²) in [5.74, 6) is 0.182. The second-order valence-electron chi connectivity index (χ2n) is 4.47. The average Bonchev–Trinajstić information content (AvgIpc) is 2.89. The minimum Gasteiger partial charge on any atom is -0.507 e. The fourth-order valence-corrected chi connectivity index (χ4v) is 1.99. The maximum absolute atomic E-state index is 12.3. The first-order chi connectivity index (χ1) is 10.1. The van der Waals surface area contributed by atoms with Gasteiger partial charge < -0.3 is 19.1 Å². The summed E-state index contributed by atoms with van der Waals surface area (Å²) in [6.45, 7) is 0. The van der Waals surface area contributed by atoms with Gasteiger partial charge in [-0.3, -0.25) is 4.79 Å². The number of methoxy groups -OCH3 is 2. The number of nitrogens with zero attached hydrogens (tertiary/aromatic N) is 1. The number of hydrogen-bond acceptors (Lipinski definition) is 4. The molecule has 1 N–H and O–H groups in total. The molecule has 1 aromatic heterocycles. The summed E-state index contributed by atoms with van der Waals surface area (Å²) in [6, 6.07) is 6.71. The molecule has 0 bridgehead atoms. The molecule has 0 aliphatic heterocycles. The molecule has 0 spiro atoms. The van der Waals surface area contributed by atoms with E-state index in [4.69, 9.17) is 9.47 Å². The maximum atomic E-state index is 12.3. The normalized spacial score (nSPS) is 10.8. The number of benzene rings is 1. The lowest BCUT2D eigenvalue weighted by molar-refractivity contribution is 0.104. The zero-order valence-electron chi connectivity index (χ0n) is 12.2. The molecule has 2 rings (SSSR count). The first kappa shape index (κ1) is 14.7. The monoisotopic (exact) mass is 287 g/mol. The van der Waals surface area contributed by atoms with Gasteiger partial charge >= 0.3 is 0 Å².